The van der Waals surface area contributed by atoms with Crippen LogP contribution in [0.2, 0.25) is 19.6 Å². The molecular formula is C55H49IrN3SSi-2. The summed E-state index contributed by atoms with van der Waals surface area (Å²) in [6.07, 6.45) is 3.24. The van der Waals surface area contributed by atoms with Gasteiger partial charge in [-0.25, -0.2) is 0 Å². The fourth-order valence-electron chi connectivity index (χ4n) is 8.71. The van der Waals surface area contributed by atoms with E-state index in [1.54, 1.807) is 11.3 Å². The molecule has 6 heteroatoms. The second-order valence-electron chi connectivity index (χ2n) is 17.4. The van der Waals surface area contributed by atoms with Crippen molar-refractivity contribution in [3.8, 4) is 39.5 Å². The van der Waals surface area contributed by atoms with Crippen LogP contribution in [0, 0.1) is 31.2 Å². The molecule has 0 atom stereocenters. The Hall–Kier alpha value is -5.49. The number of rotatable bonds is 7. The Balaban J connectivity index is 0.000000208. The molecule has 7 aromatic carbocycles. The van der Waals surface area contributed by atoms with Gasteiger partial charge >= 0.3 is 0 Å². The average Bonchev–Trinajstić information content (AvgIpc) is 3.84. The average molecular weight is 1000 g/mol. The first-order valence-electron chi connectivity index (χ1n) is 20.9. The topological polar surface area (TPSA) is 30.7 Å². The van der Waals surface area contributed by atoms with Gasteiger partial charge in [-0.15, -0.1) is 41.3 Å². The fourth-order valence-corrected chi connectivity index (χ4v) is 11.2. The molecule has 0 aliphatic carbocycles. The van der Waals surface area contributed by atoms with E-state index in [0.717, 1.165) is 45.8 Å². The standard InChI is InChI=1S/C37H25N2S.C18H24NSi.Ir/c1-23-18-28(19-24(2)36(23)26-11-4-3-5-12-26)39-34-15-9-8-14-33(34)38-37(39)32-22-40-35-21-30-27(20-31(32)35)17-16-25-10-6-7-13-29(25)30;1-14(2)11-16-12-17(15-9-7-6-8-10-15)19-13-18(16)20(3,4)5;/h3-21H,1-2H3;6-9,12-14H,11H2,1-5H3;/q2*-1;. The molecule has 10 rings (SSSR count). The molecular weight excluding hydrogens is 955 g/mol. The largest absolute Gasteiger partial charge is 0.333 e. The number of hydrogen-bond acceptors (Lipinski definition) is 3. The van der Waals surface area contributed by atoms with E-state index < -0.39 is 8.07 Å². The molecule has 0 aliphatic heterocycles. The number of benzene rings is 7. The Kier molecular flexibility index (Phi) is 12.1. The maximum Gasteiger partial charge on any atom is 0.0798 e. The number of aryl methyl sites for hydroxylation is 2. The van der Waals surface area contributed by atoms with Crippen LogP contribution in [0.5, 0.6) is 0 Å². The Morgan fingerprint density at radius 2 is 1.41 bits per heavy atom. The number of thiophene rings is 1. The maximum absolute atomic E-state index is 5.19. The van der Waals surface area contributed by atoms with Gasteiger partial charge < -0.3 is 9.55 Å². The summed E-state index contributed by atoms with van der Waals surface area (Å²) in [6, 6.07) is 55.0. The van der Waals surface area contributed by atoms with Crippen LogP contribution in [0.4, 0.5) is 0 Å². The predicted octanol–water partition coefficient (Wildman–Crippen LogP) is 14.6. The molecule has 10 aromatic rings. The molecule has 1 radical (unpaired) electrons. The van der Waals surface area contributed by atoms with Crippen LogP contribution in [0.15, 0.2) is 152 Å². The van der Waals surface area contributed by atoms with Gasteiger partial charge in [0.2, 0.25) is 0 Å². The summed E-state index contributed by atoms with van der Waals surface area (Å²) in [4.78, 5) is 9.88. The van der Waals surface area contributed by atoms with E-state index >= 15 is 0 Å². The zero-order valence-corrected chi connectivity index (χ0v) is 40.0. The van der Waals surface area contributed by atoms with Crippen molar-refractivity contribution in [2.24, 2.45) is 5.92 Å². The summed E-state index contributed by atoms with van der Waals surface area (Å²) >= 11 is 1.67. The second kappa shape index (κ2) is 17.5. The molecule has 3 nitrogen and oxygen atoms in total. The van der Waals surface area contributed by atoms with E-state index in [1.807, 2.05) is 18.2 Å². The maximum atomic E-state index is 5.19. The molecule has 3 heterocycles. The Morgan fingerprint density at radius 1 is 0.705 bits per heavy atom. The van der Waals surface area contributed by atoms with Gasteiger partial charge in [0.15, 0.2) is 0 Å². The van der Waals surface area contributed by atoms with Gasteiger partial charge in [-0.2, -0.15) is 0 Å². The van der Waals surface area contributed by atoms with Crippen molar-refractivity contribution in [1.82, 2.24) is 14.5 Å². The summed E-state index contributed by atoms with van der Waals surface area (Å²) in [6.45, 7) is 16.2. The number of fused-ring (bicyclic) bond motifs is 5. The van der Waals surface area contributed by atoms with Gasteiger partial charge in [-0.3, -0.25) is 16.3 Å². The van der Waals surface area contributed by atoms with E-state index in [1.165, 1.54) is 64.6 Å². The van der Waals surface area contributed by atoms with Crippen LogP contribution in [0.1, 0.15) is 30.5 Å². The first-order valence-corrected chi connectivity index (χ1v) is 25.2. The number of para-hydroxylation sites is 2. The number of imidazole rings is 1. The third-order valence-corrected chi connectivity index (χ3v) is 14.3. The molecule has 0 N–H and O–H groups in total. The van der Waals surface area contributed by atoms with E-state index in [0.29, 0.717) is 5.92 Å². The smallest absolute Gasteiger partial charge is 0.0798 e. The first kappa shape index (κ1) is 42.2. The van der Waals surface area contributed by atoms with Gasteiger partial charge in [-0.05, 0) is 105 Å². The Bertz CT molecular complexity index is 3140. The minimum Gasteiger partial charge on any atom is -0.333 e. The third kappa shape index (κ3) is 8.43. The Labute approximate surface area is 378 Å². The van der Waals surface area contributed by atoms with Gasteiger partial charge in [0.25, 0.3) is 0 Å². The molecule has 0 spiro atoms. The molecule has 0 aliphatic rings. The van der Waals surface area contributed by atoms with Crippen molar-refractivity contribution < 1.29 is 20.1 Å². The molecule has 0 saturated heterocycles. The van der Waals surface area contributed by atoms with E-state index in [9.17, 15) is 0 Å². The van der Waals surface area contributed by atoms with Crippen LogP contribution in [-0.2, 0) is 26.5 Å². The van der Waals surface area contributed by atoms with Crippen LogP contribution < -0.4 is 5.19 Å². The number of nitrogens with zero attached hydrogens (tertiary/aromatic N) is 3. The second-order valence-corrected chi connectivity index (χ2v) is 23.3. The summed E-state index contributed by atoms with van der Waals surface area (Å²) < 4.78 is 3.54. The van der Waals surface area contributed by atoms with E-state index in [-0.39, 0.29) is 20.1 Å². The zero-order valence-electron chi connectivity index (χ0n) is 35.8. The summed E-state index contributed by atoms with van der Waals surface area (Å²) in [5.74, 6) is 1.60. The monoisotopic (exact) mass is 1000 g/mol. The van der Waals surface area contributed by atoms with Gasteiger partial charge in [0, 0.05) is 32.0 Å². The quantitative estimate of drug-likeness (QED) is 0.0905. The van der Waals surface area contributed by atoms with Crippen molar-refractivity contribution in [3.05, 3.63) is 180 Å². The van der Waals surface area contributed by atoms with Crippen molar-refractivity contribution in [2.75, 3.05) is 0 Å². The molecule has 305 valence electrons. The summed E-state index contributed by atoms with van der Waals surface area (Å²) in [5, 5.41) is 11.4. The molecule has 0 amide bonds. The predicted molar refractivity (Wildman–Crippen MR) is 261 cm³/mol. The van der Waals surface area contributed by atoms with Crippen LogP contribution >= 0.6 is 11.3 Å². The van der Waals surface area contributed by atoms with Gasteiger partial charge in [-0.1, -0.05) is 152 Å². The van der Waals surface area contributed by atoms with Crippen LogP contribution in [0.3, 0.4) is 0 Å². The molecule has 0 saturated carbocycles. The van der Waals surface area contributed by atoms with Crippen molar-refractivity contribution in [3.63, 3.8) is 0 Å². The summed E-state index contributed by atoms with van der Waals surface area (Å²) in [7, 11) is -1.34. The molecule has 0 fully saturated rings. The number of aromatic nitrogens is 3. The van der Waals surface area contributed by atoms with Crippen molar-refractivity contribution in [2.45, 2.75) is 53.8 Å². The van der Waals surface area contributed by atoms with E-state index in [4.69, 9.17) is 4.98 Å². The Morgan fingerprint density at radius 3 is 2.15 bits per heavy atom. The number of hydrogen-bond donors (Lipinski definition) is 0. The van der Waals surface area contributed by atoms with Crippen LogP contribution in [-0.4, -0.2) is 22.6 Å². The minimum absolute atomic E-state index is 0. The molecule has 0 bridgehead atoms. The number of pyridine rings is 1. The molecule has 3 aromatic heterocycles. The normalized spacial score (nSPS) is 11.6. The van der Waals surface area contributed by atoms with E-state index in [2.05, 4.69) is 202 Å². The third-order valence-electron chi connectivity index (χ3n) is 11.4. The summed E-state index contributed by atoms with van der Waals surface area (Å²) in [5.41, 5.74) is 12.9. The SMILES string of the molecule is CC(C)Cc1cc(-c2[c-]cccc2)ncc1[Si](C)(C)C.Cc1cc(-n2c(-c3[c-]sc4cc5c(ccc6ccccc65)cc34)nc3ccccc32)cc(C)c1-c1ccccc1.[Ir]. The fraction of sp³-hybridized carbons (Fsp3) is 0.164. The first-order chi connectivity index (χ1) is 29.0. The van der Waals surface area contributed by atoms with Gasteiger partial charge in [0.05, 0.1) is 24.9 Å². The van der Waals surface area contributed by atoms with Crippen molar-refractivity contribution in [1.29, 1.82) is 0 Å². The van der Waals surface area contributed by atoms with Crippen LogP contribution in [0.25, 0.3) is 82.1 Å². The minimum atomic E-state index is -1.34. The van der Waals surface area contributed by atoms with Crippen molar-refractivity contribution >= 4 is 67.3 Å². The zero-order chi connectivity index (χ0) is 41.5. The molecule has 61 heavy (non-hydrogen) atoms. The molecule has 0 unspecified atom stereocenters. The van der Waals surface area contributed by atoms with Gasteiger partial charge in [0.1, 0.15) is 0 Å².